The first-order chi connectivity index (χ1) is 9.79. The summed E-state index contributed by atoms with van der Waals surface area (Å²) >= 11 is 1.51. The number of nitrogens with one attached hydrogen (secondary N) is 1. The van der Waals surface area contributed by atoms with Crippen molar-refractivity contribution in [2.24, 2.45) is 0 Å². The molecule has 0 fully saturated rings. The van der Waals surface area contributed by atoms with Crippen LogP contribution in [0.1, 0.15) is 10.4 Å². The molecule has 0 saturated heterocycles. The van der Waals surface area contributed by atoms with Crippen molar-refractivity contribution in [3.8, 4) is 10.7 Å². The Bertz CT molecular complexity index is 737. The van der Waals surface area contributed by atoms with Crippen LogP contribution < -0.4 is 5.48 Å². The highest BCUT2D eigenvalue weighted by atomic mass is 32.1. The number of carbonyl (C=O) groups excluding carboxylic acids is 1. The molecular weight excluding hydrogens is 274 g/mol. The van der Waals surface area contributed by atoms with Gasteiger partial charge in [-0.15, -0.1) is 11.3 Å². The molecule has 0 radical (unpaired) electrons. The predicted molar refractivity (Wildman–Crippen MR) is 77.3 cm³/mol. The van der Waals surface area contributed by atoms with Crippen LogP contribution in [0.3, 0.4) is 0 Å². The van der Waals surface area contributed by atoms with Crippen molar-refractivity contribution in [3.05, 3.63) is 48.2 Å². The minimum atomic E-state index is -0.338. The second kappa shape index (κ2) is 5.36. The smallest absolute Gasteiger partial charge is 0.277 e. The van der Waals surface area contributed by atoms with E-state index in [4.69, 9.17) is 0 Å². The first kappa shape index (κ1) is 12.7. The Hall–Kier alpha value is -2.31. The molecule has 0 aliphatic carbocycles. The molecule has 1 amide bonds. The van der Waals surface area contributed by atoms with Crippen LogP contribution in [0, 0.1) is 0 Å². The fraction of sp³-hybridized carbons (Fsp3) is 0.0714. The summed E-state index contributed by atoms with van der Waals surface area (Å²) in [5.41, 5.74) is 4.20. The molecule has 5 nitrogen and oxygen atoms in total. The van der Waals surface area contributed by atoms with Crippen molar-refractivity contribution in [1.29, 1.82) is 0 Å². The van der Waals surface area contributed by atoms with Crippen LogP contribution in [0.25, 0.3) is 20.9 Å². The van der Waals surface area contributed by atoms with Crippen molar-refractivity contribution < 1.29 is 9.63 Å². The molecule has 3 rings (SSSR count). The fourth-order valence-corrected chi connectivity index (χ4v) is 2.86. The highest BCUT2D eigenvalue weighted by Crippen LogP contribution is 2.30. The highest BCUT2D eigenvalue weighted by Gasteiger charge is 2.16. The Balaban J connectivity index is 2.11. The van der Waals surface area contributed by atoms with E-state index in [1.807, 2.05) is 24.3 Å². The molecule has 0 aliphatic rings. The van der Waals surface area contributed by atoms with Gasteiger partial charge in [0.05, 0.1) is 22.9 Å². The van der Waals surface area contributed by atoms with Gasteiger partial charge in [-0.05, 0) is 24.3 Å². The van der Waals surface area contributed by atoms with Crippen LogP contribution >= 0.6 is 11.3 Å². The lowest BCUT2D eigenvalue weighted by atomic mass is 10.2. The third-order valence-electron chi connectivity index (χ3n) is 2.74. The number of benzene rings is 1. The zero-order valence-corrected chi connectivity index (χ0v) is 11.5. The number of thiazole rings is 1. The number of rotatable bonds is 3. The van der Waals surface area contributed by atoms with Gasteiger partial charge < -0.3 is 0 Å². The van der Waals surface area contributed by atoms with E-state index in [0.29, 0.717) is 16.3 Å². The van der Waals surface area contributed by atoms with Gasteiger partial charge in [0.25, 0.3) is 5.91 Å². The number of fused-ring (bicyclic) bond motifs is 1. The summed E-state index contributed by atoms with van der Waals surface area (Å²) in [5, 5.41) is 0.716. The van der Waals surface area contributed by atoms with Gasteiger partial charge in [0, 0.05) is 6.20 Å². The van der Waals surface area contributed by atoms with E-state index in [0.717, 1.165) is 10.2 Å². The molecule has 0 spiro atoms. The third-order valence-corrected chi connectivity index (χ3v) is 3.79. The number of para-hydroxylation sites is 1. The molecule has 2 heterocycles. The maximum absolute atomic E-state index is 12.0. The summed E-state index contributed by atoms with van der Waals surface area (Å²) in [4.78, 5) is 25.4. The van der Waals surface area contributed by atoms with Crippen LogP contribution in [0.5, 0.6) is 0 Å². The number of hydrogen-bond donors (Lipinski definition) is 1. The Morgan fingerprint density at radius 2 is 2.10 bits per heavy atom. The van der Waals surface area contributed by atoms with Crippen LogP contribution in [0.4, 0.5) is 0 Å². The van der Waals surface area contributed by atoms with Crippen molar-refractivity contribution in [2.75, 3.05) is 7.11 Å². The molecule has 0 aliphatic heterocycles. The zero-order valence-electron chi connectivity index (χ0n) is 10.7. The molecule has 2 aromatic heterocycles. The van der Waals surface area contributed by atoms with E-state index >= 15 is 0 Å². The van der Waals surface area contributed by atoms with Crippen LogP contribution in [-0.2, 0) is 4.84 Å². The largest absolute Gasteiger partial charge is 0.277 e. The van der Waals surface area contributed by atoms with Gasteiger partial charge in [0.2, 0.25) is 0 Å². The summed E-state index contributed by atoms with van der Waals surface area (Å²) in [5.74, 6) is -0.338. The topological polar surface area (TPSA) is 64.1 Å². The summed E-state index contributed by atoms with van der Waals surface area (Å²) in [6, 6.07) is 11.2. The summed E-state index contributed by atoms with van der Waals surface area (Å²) < 4.78 is 1.06. The number of carbonyl (C=O) groups is 1. The van der Waals surface area contributed by atoms with Crippen LogP contribution in [0.15, 0.2) is 42.6 Å². The Kier molecular flexibility index (Phi) is 3.41. The van der Waals surface area contributed by atoms with Gasteiger partial charge >= 0.3 is 0 Å². The number of aromatic nitrogens is 2. The number of hydrogen-bond acceptors (Lipinski definition) is 5. The lowest BCUT2D eigenvalue weighted by molar-refractivity contribution is 0.0538. The molecule has 3 aromatic rings. The first-order valence-electron chi connectivity index (χ1n) is 5.94. The van der Waals surface area contributed by atoms with Gasteiger partial charge in [0.15, 0.2) is 0 Å². The predicted octanol–water partition coefficient (Wildman–Crippen LogP) is 2.65. The number of nitrogens with zero attached hydrogens (tertiary/aromatic N) is 2. The summed E-state index contributed by atoms with van der Waals surface area (Å²) in [7, 11) is 1.39. The molecular formula is C14H11N3O2S. The Morgan fingerprint density at radius 3 is 2.90 bits per heavy atom. The van der Waals surface area contributed by atoms with Crippen molar-refractivity contribution in [1.82, 2.24) is 15.4 Å². The number of hydroxylamine groups is 1. The molecule has 0 bridgehead atoms. The lowest BCUT2D eigenvalue weighted by Gasteiger charge is -2.05. The van der Waals surface area contributed by atoms with Gasteiger partial charge in [-0.2, -0.15) is 0 Å². The van der Waals surface area contributed by atoms with Gasteiger partial charge in [-0.1, -0.05) is 12.1 Å². The lowest BCUT2D eigenvalue weighted by Crippen LogP contribution is -2.22. The Labute approximate surface area is 119 Å². The van der Waals surface area contributed by atoms with E-state index in [9.17, 15) is 4.79 Å². The third kappa shape index (κ3) is 2.26. The molecule has 1 aromatic carbocycles. The highest BCUT2D eigenvalue weighted by molar-refractivity contribution is 7.21. The van der Waals surface area contributed by atoms with Crippen molar-refractivity contribution >= 4 is 27.5 Å². The number of amides is 1. The standard InChI is InChI=1S/C14H11N3O2S/c1-19-17-13(18)9-5-4-8-15-12(9)14-16-10-6-2-3-7-11(10)20-14/h2-8H,1H3,(H,17,18). The van der Waals surface area contributed by atoms with E-state index in [2.05, 4.69) is 20.3 Å². The molecule has 0 saturated carbocycles. The zero-order chi connectivity index (χ0) is 13.9. The minimum Gasteiger partial charge on any atom is -0.277 e. The second-order valence-corrected chi connectivity index (χ2v) is 5.05. The quantitative estimate of drug-likeness (QED) is 0.751. The van der Waals surface area contributed by atoms with Crippen LogP contribution in [-0.4, -0.2) is 23.0 Å². The molecule has 20 heavy (non-hydrogen) atoms. The van der Waals surface area contributed by atoms with E-state index < -0.39 is 0 Å². The average molecular weight is 285 g/mol. The van der Waals surface area contributed by atoms with Crippen LogP contribution in [0.2, 0.25) is 0 Å². The van der Waals surface area contributed by atoms with Crippen molar-refractivity contribution in [3.63, 3.8) is 0 Å². The maximum atomic E-state index is 12.0. The SMILES string of the molecule is CONC(=O)c1cccnc1-c1nc2ccccc2s1. The second-order valence-electron chi connectivity index (χ2n) is 4.02. The fourth-order valence-electron chi connectivity index (χ4n) is 1.88. The average Bonchev–Trinajstić information content (AvgIpc) is 2.91. The maximum Gasteiger partial charge on any atom is 0.277 e. The number of pyridine rings is 1. The molecule has 0 unspecified atom stereocenters. The van der Waals surface area contributed by atoms with Gasteiger partial charge in [-0.3, -0.25) is 14.6 Å². The molecule has 100 valence electrons. The normalized spacial score (nSPS) is 10.7. The van der Waals surface area contributed by atoms with E-state index in [1.165, 1.54) is 18.4 Å². The van der Waals surface area contributed by atoms with Gasteiger partial charge in [-0.25, -0.2) is 10.5 Å². The summed E-state index contributed by atoms with van der Waals surface area (Å²) in [6.45, 7) is 0. The minimum absolute atomic E-state index is 0.338. The van der Waals surface area contributed by atoms with E-state index in [-0.39, 0.29) is 5.91 Å². The monoisotopic (exact) mass is 285 g/mol. The van der Waals surface area contributed by atoms with E-state index in [1.54, 1.807) is 18.3 Å². The van der Waals surface area contributed by atoms with Gasteiger partial charge in [0.1, 0.15) is 10.7 Å². The Morgan fingerprint density at radius 1 is 1.25 bits per heavy atom. The first-order valence-corrected chi connectivity index (χ1v) is 6.75. The molecule has 1 N–H and O–H groups in total. The molecule has 6 heteroatoms. The summed E-state index contributed by atoms with van der Waals surface area (Å²) in [6.07, 6.45) is 1.64. The molecule has 0 atom stereocenters. The van der Waals surface area contributed by atoms with Crippen molar-refractivity contribution in [2.45, 2.75) is 0 Å².